The number of benzene rings is 1. The molecule has 1 aromatic carbocycles. The molecule has 3 nitrogen and oxygen atoms in total. The van der Waals surface area contributed by atoms with Crippen LogP contribution in [0.4, 0.5) is 0 Å². The van der Waals surface area contributed by atoms with Gasteiger partial charge in [-0.1, -0.05) is 12.1 Å². The Morgan fingerprint density at radius 3 is 2.68 bits per heavy atom. The highest BCUT2D eigenvalue weighted by Gasteiger charge is 2.12. The second-order valence-electron chi connectivity index (χ2n) is 4.13. The van der Waals surface area contributed by atoms with Gasteiger partial charge in [-0.2, -0.15) is 5.26 Å². The number of aryl methyl sites for hydroxylation is 2. The van der Waals surface area contributed by atoms with Crippen LogP contribution in [0, 0.1) is 25.2 Å². The first kappa shape index (κ1) is 13.4. The van der Waals surface area contributed by atoms with Crippen LogP contribution in [-0.2, 0) is 0 Å². The molecule has 0 aliphatic heterocycles. The molecule has 1 heterocycles. The van der Waals surface area contributed by atoms with E-state index in [0.29, 0.717) is 11.4 Å². The monoisotopic (exact) mass is 270 g/mol. The van der Waals surface area contributed by atoms with Gasteiger partial charge in [0.15, 0.2) is 0 Å². The lowest BCUT2D eigenvalue weighted by atomic mass is 10.1. The van der Waals surface area contributed by atoms with Crippen molar-refractivity contribution in [2.45, 2.75) is 18.7 Å². The van der Waals surface area contributed by atoms with Gasteiger partial charge in [0.05, 0.1) is 0 Å². The summed E-state index contributed by atoms with van der Waals surface area (Å²) in [6.45, 7) is 3.78. The summed E-state index contributed by atoms with van der Waals surface area (Å²) in [6.07, 6.45) is 1.99. The molecule has 0 unspecified atom stereocenters. The molecule has 2 rings (SSSR count). The van der Waals surface area contributed by atoms with Crippen molar-refractivity contribution in [3.8, 4) is 17.7 Å². The Labute approximate surface area is 117 Å². The van der Waals surface area contributed by atoms with Gasteiger partial charge in [0, 0.05) is 10.6 Å². The maximum Gasteiger partial charge on any atom is 0.237 e. The van der Waals surface area contributed by atoms with Crippen LogP contribution in [0.15, 0.2) is 35.2 Å². The highest BCUT2D eigenvalue weighted by molar-refractivity contribution is 7.98. The molecule has 0 radical (unpaired) electrons. The summed E-state index contributed by atoms with van der Waals surface area (Å²) in [6, 6.07) is 11.8. The Kier molecular flexibility index (Phi) is 4.08. The number of nitriles is 1. The highest BCUT2D eigenvalue weighted by atomic mass is 32.2. The molecule has 0 fully saturated rings. The van der Waals surface area contributed by atoms with Crippen molar-refractivity contribution >= 4 is 11.8 Å². The molecule has 0 bridgehead atoms. The number of ether oxygens (including phenoxy) is 1. The van der Waals surface area contributed by atoms with Crippen LogP contribution < -0.4 is 4.74 Å². The van der Waals surface area contributed by atoms with Crippen molar-refractivity contribution < 1.29 is 4.74 Å². The Morgan fingerprint density at radius 1 is 1.26 bits per heavy atom. The fraction of sp³-hybridized carbons (Fsp3) is 0.200. The average Bonchev–Trinajstić information content (AvgIpc) is 2.39. The Balaban J connectivity index is 2.47. The number of hydrogen-bond donors (Lipinski definition) is 0. The molecule has 0 atom stereocenters. The number of pyridine rings is 1. The van der Waals surface area contributed by atoms with E-state index in [-0.39, 0.29) is 0 Å². The first-order valence-electron chi connectivity index (χ1n) is 5.85. The van der Waals surface area contributed by atoms with E-state index in [9.17, 15) is 5.26 Å². The third-order valence-corrected chi connectivity index (χ3v) is 3.48. The molecule has 2 aromatic rings. The summed E-state index contributed by atoms with van der Waals surface area (Å²) >= 11 is 1.60. The van der Waals surface area contributed by atoms with Crippen LogP contribution in [0.1, 0.15) is 16.8 Å². The zero-order valence-electron chi connectivity index (χ0n) is 11.1. The van der Waals surface area contributed by atoms with Crippen molar-refractivity contribution in [3.05, 3.63) is 47.2 Å². The van der Waals surface area contributed by atoms with Crippen LogP contribution in [0.3, 0.4) is 0 Å². The predicted octanol–water partition coefficient (Wildman–Crippen LogP) is 4.08. The van der Waals surface area contributed by atoms with E-state index in [2.05, 4.69) is 11.1 Å². The fourth-order valence-electron chi connectivity index (χ4n) is 1.82. The van der Waals surface area contributed by atoms with Gasteiger partial charge < -0.3 is 4.74 Å². The van der Waals surface area contributed by atoms with Crippen molar-refractivity contribution in [1.29, 1.82) is 5.26 Å². The van der Waals surface area contributed by atoms with Gasteiger partial charge in [-0.05, 0) is 43.9 Å². The first-order chi connectivity index (χ1) is 9.15. The normalized spacial score (nSPS) is 10.0. The van der Waals surface area contributed by atoms with Gasteiger partial charge in [-0.3, -0.25) is 0 Å². The van der Waals surface area contributed by atoms with E-state index in [1.807, 2.05) is 50.4 Å². The molecule has 0 saturated heterocycles. The Morgan fingerprint density at radius 2 is 2.00 bits per heavy atom. The van der Waals surface area contributed by atoms with Crippen LogP contribution in [-0.4, -0.2) is 11.2 Å². The number of hydrogen-bond acceptors (Lipinski definition) is 4. The van der Waals surface area contributed by atoms with Crippen LogP contribution in [0.5, 0.6) is 11.6 Å². The van der Waals surface area contributed by atoms with E-state index in [1.54, 1.807) is 11.8 Å². The summed E-state index contributed by atoms with van der Waals surface area (Å²) in [5.74, 6) is 1.10. The first-order valence-corrected chi connectivity index (χ1v) is 7.07. The summed E-state index contributed by atoms with van der Waals surface area (Å²) in [5, 5.41) is 9.22. The number of rotatable bonds is 3. The van der Waals surface area contributed by atoms with Crippen LogP contribution in [0.2, 0.25) is 0 Å². The van der Waals surface area contributed by atoms with E-state index in [1.165, 1.54) is 0 Å². The number of thioether (sulfide) groups is 1. The highest BCUT2D eigenvalue weighted by Crippen LogP contribution is 2.32. The van der Waals surface area contributed by atoms with Crippen molar-refractivity contribution in [2.24, 2.45) is 0 Å². The summed E-state index contributed by atoms with van der Waals surface area (Å²) < 4.78 is 5.83. The fourth-order valence-corrected chi connectivity index (χ4v) is 2.35. The van der Waals surface area contributed by atoms with Gasteiger partial charge in [0.25, 0.3) is 0 Å². The van der Waals surface area contributed by atoms with E-state index < -0.39 is 0 Å². The quantitative estimate of drug-likeness (QED) is 0.788. The third-order valence-electron chi connectivity index (χ3n) is 2.70. The number of nitrogens with zero attached hydrogens (tertiary/aromatic N) is 2. The van der Waals surface area contributed by atoms with Gasteiger partial charge in [-0.15, -0.1) is 11.8 Å². The van der Waals surface area contributed by atoms with E-state index in [0.717, 1.165) is 21.9 Å². The van der Waals surface area contributed by atoms with Gasteiger partial charge in [-0.25, -0.2) is 4.98 Å². The molecule has 0 aliphatic rings. The Hall–Kier alpha value is -1.99. The molecule has 4 heteroatoms. The third kappa shape index (κ3) is 2.88. The molecule has 0 spiro atoms. The molecule has 96 valence electrons. The van der Waals surface area contributed by atoms with Gasteiger partial charge >= 0.3 is 0 Å². The molecular formula is C15H14N2OS. The Bertz CT molecular complexity index is 647. The molecular weight excluding hydrogens is 256 g/mol. The minimum atomic E-state index is 0.376. The minimum Gasteiger partial charge on any atom is -0.436 e. The maximum absolute atomic E-state index is 9.22. The van der Waals surface area contributed by atoms with Crippen LogP contribution in [0.25, 0.3) is 0 Å². The molecule has 0 aliphatic carbocycles. The zero-order chi connectivity index (χ0) is 13.8. The standard InChI is InChI=1S/C15H14N2OS/c1-10-8-11(2)17-15(12(10)9-16)18-13-6-4-5-7-14(13)19-3/h4-8H,1-3H3. The minimum absolute atomic E-state index is 0.376. The van der Waals surface area contributed by atoms with Crippen molar-refractivity contribution in [1.82, 2.24) is 4.98 Å². The smallest absolute Gasteiger partial charge is 0.237 e. The topological polar surface area (TPSA) is 45.9 Å². The average molecular weight is 270 g/mol. The molecule has 0 N–H and O–H groups in total. The lowest BCUT2D eigenvalue weighted by molar-refractivity contribution is 0.449. The summed E-state index contributed by atoms with van der Waals surface area (Å²) in [7, 11) is 0. The van der Waals surface area contributed by atoms with Gasteiger partial charge in [0.2, 0.25) is 5.88 Å². The molecule has 19 heavy (non-hydrogen) atoms. The maximum atomic E-state index is 9.22. The summed E-state index contributed by atoms with van der Waals surface area (Å²) in [5.41, 5.74) is 2.21. The SMILES string of the molecule is CSc1ccccc1Oc1nc(C)cc(C)c1C#N. The second-order valence-corrected chi connectivity index (χ2v) is 4.97. The summed E-state index contributed by atoms with van der Waals surface area (Å²) in [4.78, 5) is 5.34. The predicted molar refractivity (Wildman–Crippen MR) is 76.7 cm³/mol. The molecule has 0 saturated carbocycles. The van der Waals surface area contributed by atoms with Crippen LogP contribution >= 0.6 is 11.8 Å². The lowest BCUT2D eigenvalue weighted by Crippen LogP contribution is -1.97. The van der Waals surface area contributed by atoms with E-state index >= 15 is 0 Å². The molecule has 0 amide bonds. The molecule has 1 aromatic heterocycles. The van der Waals surface area contributed by atoms with Crippen molar-refractivity contribution in [2.75, 3.05) is 6.26 Å². The zero-order valence-corrected chi connectivity index (χ0v) is 11.9. The van der Waals surface area contributed by atoms with Crippen molar-refractivity contribution in [3.63, 3.8) is 0 Å². The van der Waals surface area contributed by atoms with Gasteiger partial charge in [0.1, 0.15) is 17.4 Å². The number of aromatic nitrogens is 1. The number of para-hydroxylation sites is 1. The van der Waals surface area contributed by atoms with E-state index in [4.69, 9.17) is 4.74 Å². The lowest BCUT2D eigenvalue weighted by Gasteiger charge is -2.11. The second kappa shape index (κ2) is 5.77. The largest absolute Gasteiger partial charge is 0.436 e.